The number of amides is 4. The van der Waals surface area contributed by atoms with Gasteiger partial charge in [0.1, 0.15) is 0 Å². The number of carbonyl (C=O) groups is 4. The van der Waals surface area contributed by atoms with Crippen molar-refractivity contribution in [2.45, 2.75) is 19.3 Å². The van der Waals surface area contributed by atoms with Gasteiger partial charge < -0.3 is 21.3 Å². The van der Waals surface area contributed by atoms with E-state index in [-0.39, 0.29) is 36.5 Å². The van der Waals surface area contributed by atoms with Crippen LogP contribution < -0.4 is 21.3 Å². The Morgan fingerprint density at radius 3 is 1.18 bits per heavy atom. The molecule has 0 aliphatic rings. The Hall–Kier alpha value is -5.24. The van der Waals surface area contributed by atoms with Gasteiger partial charge in [-0.15, -0.1) is 0 Å². The zero-order valence-electron chi connectivity index (χ0n) is 21.1. The molecule has 0 heterocycles. The third kappa shape index (κ3) is 8.40. The molecule has 0 aliphatic heterocycles. The van der Waals surface area contributed by atoms with Crippen LogP contribution in [-0.2, 0) is 9.59 Å². The highest BCUT2D eigenvalue weighted by molar-refractivity contribution is 6.05. The summed E-state index contributed by atoms with van der Waals surface area (Å²) in [4.78, 5) is 49.5. The number of hydrogen-bond acceptors (Lipinski definition) is 4. The van der Waals surface area contributed by atoms with E-state index < -0.39 is 0 Å². The molecular weight excluding hydrogens is 492 g/mol. The Labute approximate surface area is 226 Å². The van der Waals surface area contributed by atoms with Gasteiger partial charge in [-0.05, 0) is 67.1 Å². The first-order valence-electron chi connectivity index (χ1n) is 12.5. The Bertz CT molecular complexity index is 1340. The Morgan fingerprint density at radius 2 is 0.795 bits per heavy atom. The molecule has 196 valence electrons. The predicted octanol–water partition coefficient (Wildman–Crippen LogP) is 5.94. The van der Waals surface area contributed by atoms with Gasteiger partial charge in [0.15, 0.2) is 0 Å². The lowest BCUT2D eigenvalue weighted by Crippen LogP contribution is -2.16. The highest BCUT2D eigenvalue weighted by atomic mass is 16.2. The maximum atomic E-state index is 12.4. The highest BCUT2D eigenvalue weighted by Crippen LogP contribution is 2.18. The standard InChI is InChI=1S/C31H28N4O4/c36-28(32-24-14-7-16-26(20-24)34-30(38)22-10-3-1-4-11-22)18-9-19-29(37)33-25-15-8-17-27(21-25)35-31(39)23-12-5-2-6-13-23/h1-8,10-17,20-21H,9,18-19H2,(H,32,36)(H,33,37)(H,34,38)(H,35,39). The van der Waals surface area contributed by atoms with Crippen molar-refractivity contribution < 1.29 is 19.2 Å². The third-order valence-electron chi connectivity index (χ3n) is 5.69. The van der Waals surface area contributed by atoms with Gasteiger partial charge in [-0.2, -0.15) is 0 Å². The zero-order chi connectivity index (χ0) is 27.5. The smallest absolute Gasteiger partial charge is 0.255 e. The first kappa shape index (κ1) is 26.8. The van der Waals surface area contributed by atoms with Crippen molar-refractivity contribution in [3.63, 3.8) is 0 Å². The summed E-state index contributed by atoms with van der Waals surface area (Å²) >= 11 is 0. The van der Waals surface area contributed by atoms with Gasteiger partial charge in [0.25, 0.3) is 11.8 Å². The van der Waals surface area contributed by atoms with Crippen molar-refractivity contribution >= 4 is 46.4 Å². The summed E-state index contributed by atoms with van der Waals surface area (Å²) in [6, 6.07) is 31.5. The molecule has 4 aromatic carbocycles. The Morgan fingerprint density at radius 1 is 0.436 bits per heavy atom. The fourth-order valence-electron chi connectivity index (χ4n) is 3.79. The predicted molar refractivity (Wildman–Crippen MR) is 153 cm³/mol. The molecule has 39 heavy (non-hydrogen) atoms. The molecule has 0 bridgehead atoms. The minimum absolute atomic E-state index is 0.154. The summed E-state index contributed by atoms with van der Waals surface area (Å²) in [7, 11) is 0. The van der Waals surface area contributed by atoms with Crippen LogP contribution in [0.2, 0.25) is 0 Å². The van der Waals surface area contributed by atoms with Crippen molar-refractivity contribution in [2.24, 2.45) is 0 Å². The molecule has 0 aliphatic carbocycles. The number of anilines is 4. The monoisotopic (exact) mass is 520 g/mol. The van der Waals surface area contributed by atoms with Gasteiger partial charge >= 0.3 is 0 Å². The first-order valence-corrected chi connectivity index (χ1v) is 12.5. The lowest BCUT2D eigenvalue weighted by molar-refractivity contribution is -0.117. The SMILES string of the molecule is O=C(CCCC(=O)Nc1cccc(NC(=O)c2ccccc2)c1)Nc1cccc(NC(=O)c2ccccc2)c1. The number of nitrogens with one attached hydrogen (secondary N) is 4. The molecule has 0 unspecified atom stereocenters. The van der Waals surface area contributed by atoms with Gasteiger partial charge in [-0.25, -0.2) is 0 Å². The van der Waals surface area contributed by atoms with Crippen molar-refractivity contribution in [2.75, 3.05) is 21.3 Å². The zero-order valence-corrected chi connectivity index (χ0v) is 21.1. The summed E-state index contributed by atoms with van der Waals surface area (Å²) in [6.07, 6.45) is 0.662. The van der Waals surface area contributed by atoms with Crippen LogP contribution in [0.5, 0.6) is 0 Å². The molecule has 0 saturated carbocycles. The number of benzene rings is 4. The quantitative estimate of drug-likeness (QED) is 0.207. The number of hydrogen-bond donors (Lipinski definition) is 4. The van der Waals surface area contributed by atoms with Gasteiger partial charge in [0.2, 0.25) is 11.8 Å². The summed E-state index contributed by atoms with van der Waals surface area (Å²) in [5, 5.41) is 11.2. The molecule has 4 aromatic rings. The van der Waals surface area contributed by atoms with Crippen LogP contribution in [0, 0.1) is 0 Å². The molecule has 0 spiro atoms. The minimum atomic E-state index is -0.241. The minimum Gasteiger partial charge on any atom is -0.326 e. The van der Waals surface area contributed by atoms with Crippen LogP contribution in [-0.4, -0.2) is 23.6 Å². The molecule has 0 radical (unpaired) electrons. The molecule has 0 atom stereocenters. The maximum absolute atomic E-state index is 12.4. The summed E-state index contributed by atoms with van der Waals surface area (Å²) in [6.45, 7) is 0. The van der Waals surface area contributed by atoms with Crippen molar-refractivity contribution in [3.8, 4) is 0 Å². The fourth-order valence-corrected chi connectivity index (χ4v) is 3.79. The molecule has 8 heteroatoms. The van der Waals surface area contributed by atoms with Crippen LogP contribution in [0.4, 0.5) is 22.7 Å². The molecule has 8 nitrogen and oxygen atoms in total. The first-order chi connectivity index (χ1) is 19.0. The van der Waals surface area contributed by atoms with Crippen LogP contribution in [0.25, 0.3) is 0 Å². The summed E-state index contributed by atoms with van der Waals surface area (Å²) < 4.78 is 0. The highest BCUT2D eigenvalue weighted by Gasteiger charge is 2.10. The second kappa shape index (κ2) is 13.3. The van der Waals surface area contributed by atoms with E-state index in [1.165, 1.54) is 0 Å². The normalized spacial score (nSPS) is 10.3. The fraction of sp³-hybridized carbons (Fsp3) is 0.0968. The van der Waals surface area contributed by atoms with Crippen molar-refractivity contribution in [1.29, 1.82) is 0 Å². The Balaban J connectivity index is 1.21. The Kier molecular flexibility index (Phi) is 9.18. The van der Waals surface area contributed by atoms with E-state index in [2.05, 4.69) is 21.3 Å². The average Bonchev–Trinajstić information content (AvgIpc) is 2.94. The van der Waals surface area contributed by atoms with E-state index in [1.54, 1.807) is 97.1 Å². The van der Waals surface area contributed by atoms with E-state index in [9.17, 15) is 19.2 Å². The van der Waals surface area contributed by atoms with Gasteiger partial charge in [0.05, 0.1) is 0 Å². The van der Waals surface area contributed by atoms with Crippen molar-refractivity contribution in [1.82, 2.24) is 0 Å². The number of rotatable bonds is 10. The van der Waals surface area contributed by atoms with E-state index in [0.717, 1.165) is 0 Å². The molecule has 4 N–H and O–H groups in total. The lowest BCUT2D eigenvalue weighted by Gasteiger charge is -2.10. The van der Waals surface area contributed by atoms with Crippen LogP contribution in [0.1, 0.15) is 40.0 Å². The number of carbonyl (C=O) groups excluding carboxylic acids is 4. The van der Waals surface area contributed by atoms with E-state index in [1.807, 2.05) is 12.1 Å². The third-order valence-corrected chi connectivity index (χ3v) is 5.69. The van der Waals surface area contributed by atoms with E-state index in [0.29, 0.717) is 40.3 Å². The molecule has 0 saturated heterocycles. The largest absolute Gasteiger partial charge is 0.326 e. The molecule has 0 fully saturated rings. The second-order valence-electron chi connectivity index (χ2n) is 8.75. The summed E-state index contributed by atoms with van der Waals surface area (Å²) in [5.74, 6) is -0.955. The second-order valence-corrected chi connectivity index (χ2v) is 8.75. The topological polar surface area (TPSA) is 116 Å². The molecule has 0 aromatic heterocycles. The molecule has 4 amide bonds. The lowest BCUT2D eigenvalue weighted by atomic mass is 10.2. The average molecular weight is 521 g/mol. The molecular formula is C31H28N4O4. The van der Waals surface area contributed by atoms with Crippen LogP contribution >= 0.6 is 0 Å². The van der Waals surface area contributed by atoms with E-state index >= 15 is 0 Å². The molecule has 4 rings (SSSR count). The van der Waals surface area contributed by atoms with Crippen LogP contribution in [0.15, 0.2) is 109 Å². The van der Waals surface area contributed by atoms with Crippen molar-refractivity contribution in [3.05, 3.63) is 120 Å². The van der Waals surface area contributed by atoms with Gasteiger partial charge in [0, 0.05) is 46.7 Å². The van der Waals surface area contributed by atoms with E-state index in [4.69, 9.17) is 0 Å². The summed E-state index contributed by atoms with van der Waals surface area (Å²) in [5.41, 5.74) is 3.28. The van der Waals surface area contributed by atoms with Gasteiger partial charge in [-0.3, -0.25) is 19.2 Å². The maximum Gasteiger partial charge on any atom is 0.255 e. The van der Waals surface area contributed by atoms with Crippen LogP contribution in [0.3, 0.4) is 0 Å². The van der Waals surface area contributed by atoms with Gasteiger partial charge in [-0.1, -0.05) is 48.5 Å².